The number of halogens is 1. The predicted octanol–water partition coefficient (Wildman–Crippen LogP) is 2.89. The molecule has 6 heteroatoms. The van der Waals surface area contributed by atoms with Crippen LogP contribution in [0.2, 0.25) is 5.02 Å². The summed E-state index contributed by atoms with van der Waals surface area (Å²) >= 11 is 6.04. The maximum absolute atomic E-state index is 11.9. The summed E-state index contributed by atoms with van der Waals surface area (Å²) in [6.07, 6.45) is 0. The van der Waals surface area contributed by atoms with Crippen molar-refractivity contribution in [3.63, 3.8) is 0 Å². The lowest BCUT2D eigenvalue weighted by atomic mass is 10.2. The van der Waals surface area contributed by atoms with Crippen molar-refractivity contribution >= 4 is 28.9 Å². The third-order valence-electron chi connectivity index (χ3n) is 3.03. The van der Waals surface area contributed by atoms with Gasteiger partial charge in [0.05, 0.1) is 31.0 Å². The Morgan fingerprint density at radius 2 is 1.95 bits per heavy atom. The second-order valence-electron chi connectivity index (χ2n) is 4.60. The molecular formula is C16H17ClN2O3. The summed E-state index contributed by atoms with van der Waals surface area (Å²) in [7, 11) is 1.59. The minimum atomic E-state index is -0.198. The van der Waals surface area contributed by atoms with Gasteiger partial charge in [-0.05, 0) is 42.0 Å². The molecule has 0 atom stereocenters. The number of carbonyl (C=O) groups is 1. The second-order valence-corrected chi connectivity index (χ2v) is 5.01. The maximum Gasteiger partial charge on any atom is 0.243 e. The van der Waals surface area contributed by atoms with E-state index in [4.69, 9.17) is 21.4 Å². The van der Waals surface area contributed by atoms with E-state index in [1.807, 2.05) is 0 Å². The van der Waals surface area contributed by atoms with E-state index in [0.717, 1.165) is 11.3 Å². The van der Waals surface area contributed by atoms with Gasteiger partial charge in [-0.3, -0.25) is 4.79 Å². The fraction of sp³-hybridized carbons (Fsp3) is 0.188. The third-order valence-corrected chi connectivity index (χ3v) is 3.36. The number of amides is 1. The van der Waals surface area contributed by atoms with Gasteiger partial charge in [0.2, 0.25) is 5.91 Å². The molecule has 2 aromatic rings. The largest absolute Gasteiger partial charge is 0.497 e. The van der Waals surface area contributed by atoms with Crippen LogP contribution in [0.4, 0.5) is 11.4 Å². The van der Waals surface area contributed by atoms with Gasteiger partial charge in [-0.25, -0.2) is 0 Å². The van der Waals surface area contributed by atoms with E-state index < -0.39 is 0 Å². The summed E-state index contributed by atoms with van der Waals surface area (Å²) in [6.45, 7) is -0.00940. The van der Waals surface area contributed by atoms with Crippen LogP contribution in [-0.2, 0) is 11.4 Å². The molecule has 0 fully saturated rings. The number of methoxy groups -OCH3 is 1. The average molecular weight is 321 g/mol. The Morgan fingerprint density at radius 1 is 1.23 bits per heavy atom. The number of nitrogens with one attached hydrogen (secondary N) is 2. The number of rotatable bonds is 6. The monoisotopic (exact) mass is 320 g/mol. The molecule has 1 amide bonds. The van der Waals surface area contributed by atoms with Crippen molar-refractivity contribution in [2.75, 3.05) is 24.3 Å². The molecule has 0 unspecified atom stereocenters. The molecule has 0 saturated heterocycles. The van der Waals surface area contributed by atoms with Crippen molar-refractivity contribution in [1.82, 2.24) is 0 Å². The van der Waals surface area contributed by atoms with E-state index in [1.165, 1.54) is 0 Å². The molecule has 2 aromatic carbocycles. The number of aliphatic hydroxyl groups is 1. The molecular weight excluding hydrogens is 304 g/mol. The highest BCUT2D eigenvalue weighted by Crippen LogP contribution is 2.23. The molecule has 22 heavy (non-hydrogen) atoms. The van der Waals surface area contributed by atoms with E-state index in [1.54, 1.807) is 49.6 Å². The van der Waals surface area contributed by atoms with Crippen LogP contribution in [0.3, 0.4) is 0 Å². The smallest absolute Gasteiger partial charge is 0.243 e. The SMILES string of the molecule is COc1ccc(NC(=O)CNc2cc(CO)ccc2Cl)cc1. The molecule has 0 aliphatic rings. The number of carbonyl (C=O) groups excluding carboxylic acids is 1. The number of hydrogen-bond acceptors (Lipinski definition) is 4. The second kappa shape index (κ2) is 7.68. The minimum Gasteiger partial charge on any atom is -0.497 e. The van der Waals surface area contributed by atoms with Crippen LogP contribution in [0.5, 0.6) is 5.75 Å². The van der Waals surface area contributed by atoms with Crippen LogP contribution < -0.4 is 15.4 Å². The van der Waals surface area contributed by atoms with E-state index in [0.29, 0.717) is 16.4 Å². The topological polar surface area (TPSA) is 70.6 Å². The maximum atomic E-state index is 11.9. The summed E-state index contributed by atoms with van der Waals surface area (Å²) in [5, 5.41) is 15.3. The van der Waals surface area contributed by atoms with Crippen LogP contribution in [0.25, 0.3) is 0 Å². The van der Waals surface area contributed by atoms with E-state index in [9.17, 15) is 4.79 Å². The first-order valence-electron chi connectivity index (χ1n) is 6.69. The Balaban J connectivity index is 1.92. The zero-order chi connectivity index (χ0) is 15.9. The molecule has 3 N–H and O–H groups in total. The molecule has 0 radical (unpaired) electrons. The van der Waals surface area contributed by atoms with E-state index >= 15 is 0 Å². The average Bonchev–Trinajstić information content (AvgIpc) is 2.55. The predicted molar refractivity (Wildman–Crippen MR) is 87.5 cm³/mol. The first-order valence-corrected chi connectivity index (χ1v) is 7.07. The van der Waals surface area contributed by atoms with Crippen LogP contribution in [0, 0.1) is 0 Å². The van der Waals surface area contributed by atoms with Crippen molar-refractivity contribution in [2.45, 2.75) is 6.61 Å². The van der Waals surface area contributed by atoms with Gasteiger partial charge < -0.3 is 20.5 Å². The molecule has 0 aromatic heterocycles. The standard InChI is InChI=1S/C16H17ClN2O3/c1-22-13-5-3-12(4-6-13)19-16(21)9-18-15-8-11(10-20)2-7-14(15)17/h2-8,18,20H,9-10H2,1H3,(H,19,21). The van der Waals surface area contributed by atoms with Gasteiger partial charge in [-0.2, -0.15) is 0 Å². The first kappa shape index (κ1) is 16.1. The summed E-state index contributed by atoms with van der Waals surface area (Å²) < 4.78 is 5.05. The van der Waals surface area contributed by atoms with Crippen LogP contribution >= 0.6 is 11.6 Å². The number of aliphatic hydroxyl groups excluding tert-OH is 1. The number of anilines is 2. The molecule has 0 aliphatic carbocycles. The molecule has 0 bridgehead atoms. The lowest BCUT2D eigenvalue weighted by molar-refractivity contribution is -0.114. The van der Waals surface area contributed by atoms with Crippen LogP contribution in [0.15, 0.2) is 42.5 Å². The Hall–Kier alpha value is -2.24. The van der Waals surface area contributed by atoms with Crippen molar-refractivity contribution in [1.29, 1.82) is 0 Å². The summed E-state index contributed by atoms with van der Waals surface area (Å²) in [5.41, 5.74) is 2.02. The van der Waals surface area contributed by atoms with Gasteiger partial charge >= 0.3 is 0 Å². The summed E-state index contributed by atoms with van der Waals surface area (Å²) in [5.74, 6) is 0.527. The van der Waals surface area contributed by atoms with Crippen molar-refractivity contribution < 1.29 is 14.6 Å². The normalized spacial score (nSPS) is 10.1. The van der Waals surface area contributed by atoms with Gasteiger partial charge in [0.25, 0.3) is 0 Å². The van der Waals surface area contributed by atoms with Gasteiger partial charge in [-0.15, -0.1) is 0 Å². The molecule has 116 valence electrons. The molecule has 0 spiro atoms. The zero-order valence-corrected chi connectivity index (χ0v) is 12.9. The van der Waals surface area contributed by atoms with Crippen LogP contribution in [0.1, 0.15) is 5.56 Å². The molecule has 2 rings (SSSR count). The summed E-state index contributed by atoms with van der Waals surface area (Å²) in [4.78, 5) is 11.9. The van der Waals surface area contributed by atoms with E-state index in [-0.39, 0.29) is 19.1 Å². The number of hydrogen-bond donors (Lipinski definition) is 3. The fourth-order valence-corrected chi connectivity index (χ4v) is 2.05. The van der Waals surface area contributed by atoms with Crippen LogP contribution in [-0.4, -0.2) is 24.7 Å². The summed E-state index contributed by atoms with van der Waals surface area (Å²) in [6, 6.07) is 12.2. The highest BCUT2D eigenvalue weighted by Gasteiger charge is 2.06. The lowest BCUT2D eigenvalue weighted by Crippen LogP contribution is -2.21. The lowest BCUT2D eigenvalue weighted by Gasteiger charge is -2.10. The van der Waals surface area contributed by atoms with Gasteiger partial charge in [0.15, 0.2) is 0 Å². The van der Waals surface area contributed by atoms with E-state index in [2.05, 4.69) is 10.6 Å². The Bertz CT molecular complexity index is 644. The molecule has 0 saturated carbocycles. The third kappa shape index (κ3) is 4.38. The molecule has 0 heterocycles. The van der Waals surface area contributed by atoms with Crippen molar-refractivity contribution in [3.8, 4) is 5.75 Å². The highest BCUT2D eigenvalue weighted by molar-refractivity contribution is 6.33. The Kier molecular flexibility index (Phi) is 5.63. The first-order chi connectivity index (χ1) is 10.6. The Morgan fingerprint density at radius 3 is 2.59 bits per heavy atom. The van der Waals surface area contributed by atoms with Crippen molar-refractivity contribution in [3.05, 3.63) is 53.1 Å². The van der Waals surface area contributed by atoms with Gasteiger partial charge in [0.1, 0.15) is 5.75 Å². The Labute approximate surface area is 133 Å². The molecule has 5 nitrogen and oxygen atoms in total. The van der Waals surface area contributed by atoms with Crippen molar-refractivity contribution in [2.24, 2.45) is 0 Å². The van der Waals surface area contributed by atoms with Gasteiger partial charge in [0, 0.05) is 5.69 Å². The minimum absolute atomic E-state index is 0.0701. The quantitative estimate of drug-likeness (QED) is 0.765. The highest BCUT2D eigenvalue weighted by atomic mass is 35.5. The number of benzene rings is 2. The molecule has 0 aliphatic heterocycles. The fourth-order valence-electron chi connectivity index (χ4n) is 1.86. The number of ether oxygens (including phenoxy) is 1. The van der Waals surface area contributed by atoms with Gasteiger partial charge in [-0.1, -0.05) is 17.7 Å². The zero-order valence-electron chi connectivity index (χ0n) is 12.1.